The van der Waals surface area contributed by atoms with E-state index in [1.165, 1.54) is 56.0 Å². The molecular weight excluding hydrogens is 366 g/mol. The third-order valence-corrected chi connectivity index (χ3v) is 6.36. The number of halogens is 2. The standard InChI is InChI=1S/C15H23N.C10H11F2N/c1-12(13-7-6-8-14(16)11-13)15(2)9-4-3-5-10-15;1-4-9-7(2)8(5-6-13-9)10(3,11)12/h6-8,11-12H,3-5,9-10,16H2,1-2H3;4-6H,1H2,2-3H3. The molecule has 0 saturated heterocycles. The van der Waals surface area contributed by atoms with Gasteiger partial charge in [0.15, 0.2) is 0 Å². The maximum Gasteiger partial charge on any atom is 0.270 e. The SMILES string of the molecule is C=Cc1nccc(C(C)(F)F)c1C.CC(c1cccc(N)c1)C1(C)CCCCC1. The lowest BCUT2D eigenvalue weighted by atomic mass is 9.66. The van der Waals surface area contributed by atoms with E-state index >= 15 is 0 Å². The highest BCUT2D eigenvalue weighted by Crippen LogP contribution is 2.46. The van der Waals surface area contributed by atoms with Crippen LogP contribution in [0.5, 0.6) is 0 Å². The molecule has 1 aliphatic carbocycles. The fraction of sp³-hybridized carbons (Fsp3) is 0.480. The van der Waals surface area contributed by atoms with Gasteiger partial charge in [0, 0.05) is 24.4 Å². The smallest absolute Gasteiger partial charge is 0.270 e. The zero-order chi connectivity index (χ0) is 21.7. The van der Waals surface area contributed by atoms with Crippen LogP contribution in [0.2, 0.25) is 0 Å². The highest BCUT2D eigenvalue weighted by molar-refractivity contribution is 5.49. The van der Waals surface area contributed by atoms with Crippen molar-refractivity contribution in [2.45, 2.75) is 71.6 Å². The van der Waals surface area contributed by atoms with Crippen LogP contribution >= 0.6 is 0 Å². The first-order valence-electron chi connectivity index (χ1n) is 10.4. The fourth-order valence-electron chi connectivity index (χ4n) is 4.26. The van der Waals surface area contributed by atoms with Gasteiger partial charge in [-0.2, -0.15) is 0 Å². The topological polar surface area (TPSA) is 38.9 Å². The molecule has 1 aliphatic rings. The Labute approximate surface area is 174 Å². The van der Waals surface area contributed by atoms with Gasteiger partial charge in [-0.05, 0) is 66.5 Å². The van der Waals surface area contributed by atoms with E-state index in [1.807, 2.05) is 6.07 Å². The molecule has 0 spiro atoms. The summed E-state index contributed by atoms with van der Waals surface area (Å²) in [6.45, 7) is 10.8. The Kier molecular flexibility index (Phi) is 7.56. The Bertz CT molecular complexity index is 818. The van der Waals surface area contributed by atoms with E-state index in [2.05, 4.69) is 43.6 Å². The van der Waals surface area contributed by atoms with Crippen LogP contribution in [-0.4, -0.2) is 4.98 Å². The minimum atomic E-state index is -2.81. The minimum absolute atomic E-state index is 0.0115. The molecule has 1 aromatic carbocycles. The fourth-order valence-corrected chi connectivity index (χ4v) is 4.26. The number of hydrogen-bond acceptors (Lipinski definition) is 2. The van der Waals surface area contributed by atoms with Gasteiger partial charge >= 0.3 is 0 Å². The number of hydrogen-bond donors (Lipinski definition) is 1. The van der Waals surface area contributed by atoms with Crippen LogP contribution in [0, 0.1) is 12.3 Å². The van der Waals surface area contributed by atoms with Crippen LogP contribution in [0.15, 0.2) is 43.1 Å². The predicted octanol–water partition coefficient (Wildman–Crippen LogP) is 7.49. The van der Waals surface area contributed by atoms with Crippen LogP contribution in [0.1, 0.15) is 81.2 Å². The molecule has 1 saturated carbocycles. The van der Waals surface area contributed by atoms with Gasteiger partial charge in [0.2, 0.25) is 0 Å². The van der Waals surface area contributed by atoms with E-state index < -0.39 is 5.92 Å². The summed E-state index contributed by atoms with van der Waals surface area (Å²) >= 11 is 0. The van der Waals surface area contributed by atoms with Crippen molar-refractivity contribution in [1.29, 1.82) is 0 Å². The Morgan fingerprint density at radius 3 is 2.41 bits per heavy atom. The van der Waals surface area contributed by atoms with E-state index in [1.54, 1.807) is 6.92 Å². The maximum absolute atomic E-state index is 13.0. The quantitative estimate of drug-likeness (QED) is 0.540. The Morgan fingerprint density at radius 1 is 1.21 bits per heavy atom. The van der Waals surface area contributed by atoms with E-state index in [0.717, 1.165) is 12.6 Å². The number of nitrogens with zero attached hydrogens (tertiary/aromatic N) is 1. The molecule has 158 valence electrons. The Hall–Kier alpha value is -2.23. The number of benzene rings is 1. The number of pyridine rings is 1. The monoisotopic (exact) mass is 400 g/mol. The summed E-state index contributed by atoms with van der Waals surface area (Å²) in [6.07, 6.45) is 9.78. The van der Waals surface area contributed by atoms with Gasteiger partial charge in [-0.25, -0.2) is 8.78 Å². The second kappa shape index (κ2) is 9.51. The molecule has 2 aromatic rings. The summed E-state index contributed by atoms with van der Waals surface area (Å²) in [6, 6.07) is 9.75. The molecule has 2 N–H and O–H groups in total. The number of alkyl halides is 2. The van der Waals surface area contributed by atoms with Gasteiger partial charge in [0.25, 0.3) is 5.92 Å². The average Bonchev–Trinajstić information content (AvgIpc) is 2.68. The average molecular weight is 401 g/mol. The van der Waals surface area contributed by atoms with Crippen LogP contribution in [0.4, 0.5) is 14.5 Å². The molecule has 29 heavy (non-hydrogen) atoms. The summed E-state index contributed by atoms with van der Waals surface area (Å²) < 4.78 is 25.9. The van der Waals surface area contributed by atoms with E-state index in [0.29, 0.717) is 22.6 Å². The van der Waals surface area contributed by atoms with Crippen molar-refractivity contribution in [3.8, 4) is 0 Å². The van der Waals surface area contributed by atoms with Gasteiger partial charge in [0.05, 0.1) is 5.69 Å². The third-order valence-electron chi connectivity index (χ3n) is 6.36. The second-order valence-electron chi connectivity index (χ2n) is 8.57. The number of nitrogens with two attached hydrogens (primary N) is 1. The van der Waals surface area contributed by atoms with Crippen molar-refractivity contribution in [2.75, 3.05) is 5.73 Å². The summed E-state index contributed by atoms with van der Waals surface area (Å²) in [4.78, 5) is 3.92. The van der Waals surface area contributed by atoms with Gasteiger partial charge < -0.3 is 5.73 Å². The van der Waals surface area contributed by atoms with Gasteiger partial charge in [0.1, 0.15) is 0 Å². The van der Waals surface area contributed by atoms with Crippen LogP contribution in [-0.2, 0) is 5.92 Å². The molecule has 4 heteroatoms. The number of nitrogen functional groups attached to an aromatic ring is 1. The van der Waals surface area contributed by atoms with Crippen molar-refractivity contribution >= 4 is 11.8 Å². The summed E-state index contributed by atoms with van der Waals surface area (Å²) in [7, 11) is 0. The molecule has 0 aliphatic heterocycles. The molecular formula is C25H34F2N2. The summed E-state index contributed by atoms with van der Waals surface area (Å²) in [5.41, 5.74) is 9.66. The van der Waals surface area contributed by atoms with Crippen LogP contribution < -0.4 is 5.73 Å². The summed E-state index contributed by atoms with van der Waals surface area (Å²) in [5, 5.41) is 0. The first-order chi connectivity index (χ1) is 13.6. The highest BCUT2D eigenvalue weighted by Gasteiger charge is 2.33. The molecule has 3 rings (SSSR count). The lowest BCUT2D eigenvalue weighted by Gasteiger charge is -2.39. The van der Waals surface area contributed by atoms with Crippen molar-refractivity contribution in [2.24, 2.45) is 5.41 Å². The molecule has 1 fully saturated rings. The lowest BCUT2D eigenvalue weighted by Crippen LogP contribution is -2.26. The molecule has 0 amide bonds. The van der Waals surface area contributed by atoms with Crippen LogP contribution in [0.3, 0.4) is 0 Å². The largest absolute Gasteiger partial charge is 0.399 e. The Balaban J connectivity index is 0.000000212. The third kappa shape index (κ3) is 5.88. The van der Waals surface area contributed by atoms with E-state index in [9.17, 15) is 8.78 Å². The van der Waals surface area contributed by atoms with E-state index in [-0.39, 0.29) is 5.56 Å². The lowest BCUT2D eigenvalue weighted by molar-refractivity contribution is 0.0167. The van der Waals surface area contributed by atoms with Crippen molar-refractivity contribution in [3.63, 3.8) is 0 Å². The molecule has 2 nitrogen and oxygen atoms in total. The zero-order valence-electron chi connectivity index (χ0n) is 18.1. The second-order valence-corrected chi connectivity index (χ2v) is 8.57. The number of rotatable bonds is 4. The zero-order valence-corrected chi connectivity index (χ0v) is 18.1. The molecule has 0 radical (unpaired) electrons. The highest BCUT2D eigenvalue weighted by atomic mass is 19.3. The van der Waals surface area contributed by atoms with Gasteiger partial charge in [-0.1, -0.05) is 51.8 Å². The predicted molar refractivity (Wildman–Crippen MR) is 119 cm³/mol. The molecule has 1 heterocycles. The molecule has 1 aromatic heterocycles. The Morgan fingerprint density at radius 2 is 1.86 bits per heavy atom. The van der Waals surface area contributed by atoms with Crippen molar-refractivity contribution in [3.05, 3.63) is 65.5 Å². The van der Waals surface area contributed by atoms with E-state index in [4.69, 9.17) is 5.73 Å². The molecule has 0 bridgehead atoms. The van der Waals surface area contributed by atoms with Gasteiger partial charge in [-0.3, -0.25) is 4.98 Å². The van der Waals surface area contributed by atoms with Crippen LogP contribution in [0.25, 0.3) is 6.08 Å². The van der Waals surface area contributed by atoms with Gasteiger partial charge in [-0.15, -0.1) is 0 Å². The first kappa shape index (κ1) is 23.1. The number of anilines is 1. The first-order valence-corrected chi connectivity index (χ1v) is 10.4. The minimum Gasteiger partial charge on any atom is -0.399 e. The maximum atomic E-state index is 13.0. The van der Waals surface area contributed by atoms with Crippen molar-refractivity contribution < 1.29 is 8.78 Å². The molecule has 1 atom stereocenters. The normalized spacial score (nSPS) is 17.0. The molecule has 1 unspecified atom stereocenters. The number of aromatic nitrogens is 1. The summed E-state index contributed by atoms with van der Waals surface area (Å²) in [5.74, 6) is -2.19. The van der Waals surface area contributed by atoms with Crippen molar-refractivity contribution in [1.82, 2.24) is 4.98 Å².